The zero-order chi connectivity index (χ0) is 15.4. The van der Waals surface area contributed by atoms with Gasteiger partial charge in [-0.15, -0.1) is 0 Å². The summed E-state index contributed by atoms with van der Waals surface area (Å²) in [6, 6.07) is 6.76. The molecule has 0 spiro atoms. The fraction of sp³-hybridized carbons (Fsp3) is 0.143. The standard InChI is InChI=1S/C14H13ClN2O4/c1-8-13(14(19)20)10(6-16-8)17-12(18)7-21-11-5-3-2-4-9(11)15/h2-6,16H,7H2,1H3,(H,17,18)(H,19,20). The van der Waals surface area contributed by atoms with Gasteiger partial charge in [0.15, 0.2) is 6.61 Å². The van der Waals surface area contributed by atoms with Crippen LogP contribution in [0.4, 0.5) is 5.69 Å². The molecule has 0 fully saturated rings. The predicted octanol–water partition coefficient (Wildman–Crippen LogP) is 2.69. The molecule has 0 aliphatic carbocycles. The van der Waals surface area contributed by atoms with Gasteiger partial charge in [-0.3, -0.25) is 4.79 Å². The van der Waals surface area contributed by atoms with E-state index in [9.17, 15) is 9.59 Å². The summed E-state index contributed by atoms with van der Waals surface area (Å²) in [6.45, 7) is 1.34. The van der Waals surface area contributed by atoms with Crippen LogP contribution in [0.1, 0.15) is 16.1 Å². The van der Waals surface area contributed by atoms with Crippen LogP contribution < -0.4 is 10.1 Å². The van der Waals surface area contributed by atoms with Crippen LogP contribution in [0.2, 0.25) is 5.02 Å². The van der Waals surface area contributed by atoms with Gasteiger partial charge in [-0.1, -0.05) is 23.7 Å². The number of aromatic amines is 1. The van der Waals surface area contributed by atoms with Crippen LogP contribution >= 0.6 is 11.6 Å². The highest BCUT2D eigenvalue weighted by Crippen LogP contribution is 2.23. The number of carboxylic acid groups (broad SMARTS) is 1. The van der Waals surface area contributed by atoms with Gasteiger partial charge < -0.3 is 20.1 Å². The molecule has 0 bridgehead atoms. The van der Waals surface area contributed by atoms with Crippen molar-refractivity contribution in [1.82, 2.24) is 4.98 Å². The third-order valence-electron chi connectivity index (χ3n) is 2.76. The van der Waals surface area contributed by atoms with E-state index < -0.39 is 11.9 Å². The van der Waals surface area contributed by atoms with Gasteiger partial charge in [0.1, 0.15) is 11.3 Å². The Balaban J connectivity index is 2.00. The summed E-state index contributed by atoms with van der Waals surface area (Å²) in [5, 5.41) is 12.0. The first-order valence-corrected chi connectivity index (χ1v) is 6.45. The lowest BCUT2D eigenvalue weighted by atomic mass is 10.2. The maximum absolute atomic E-state index is 11.8. The summed E-state index contributed by atoms with van der Waals surface area (Å²) in [5.41, 5.74) is 0.693. The number of H-pyrrole nitrogens is 1. The Morgan fingerprint density at radius 2 is 2.10 bits per heavy atom. The first-order chi connectivity index (χ1) is 9.99. The number of para-hydroxylation sites is 1. The molecule has 110 valence electrons. The summed E-state index contributed by atoms with van der Waals surface area (Å²) in [5.74, 6) is -1.20. The lowest BCUT2D eigenvalue weighted by Crippen LogP contribution is -2.21. The molecule has 0 aliphatic rings. The largest absolute Gasteiger partial charge is 0.482 e. The summed E-state index contributed by atoms with van der Waals surface area (Å²) in [7, 11) is 0. The minimum absolute atomic E-state index is 0.0288. The molecule has 3 N–H and O–H groups in total. The second-order valence-corrected chi connectivity index (χ2v) is 4.68. The van der Waals surface area contributed by atoms with Crippen molar-refractivity contribution in [3.8, 4) is 5.75 Å². The molecule has 0 saturated carbocycles. The first-order valence-electron chi connectivity index (χ1n) is 6.07. The normalized spacial score (nSPS) is 10.2. The Hall–Kier alpha value is -2.47. The van der Waals surface area contributed by atoms with E-state index in [0.29, 0.717) is 16.5 Å². The van der Waals surface area contributed by atoms with Crippen molar-refractivity contribution < 1.29 is 19.4 Å². The average Bonchev–Trinajstić information content (AvgIpc) is 2.79. The molecule has 0 aliphatic heterocycles. The molecule has 1 aromatic heterocycles. The van der Waals surface area contributed by atoms with E-state index in [1.165, 1.54) is 6.20 Å². The number of carbonyl (C=O) groups is 2. The second-order valence-electron chi connectivity index (χ2n) is 4.27. The summed E-state index contributed by atoms with van der Waals surface area (Å²) >= 11 is 5.90. The molecule has 6 nitrogen and oxygen atoms in total. The van der Waals surface area contributed by atoms with Gasteiger partial charge >= 0.3 is 5.97 Å². The van der Waals surface area contributed by atoms with E-state index in [1.54, 1.807) is 31.2 Å². The fourth-order valence-corrected chi connectivity index (χ4v) is 1.98. The van der Waals surface area contributed by atoms with Gasteiger partial charge in [-0.2, -0.15) is 0 Å². The Morgan fingerprint density at radius 3 is 2.76 bits per heavy atom. The molecule has 1 aromatic carbocycles. The van der Waals surface area contributed by atoms with Crippen molar-refractivity contribution in [1.29, 1.82) is 0 Å². The molecule has 21 heavy (non-hydrogen) atoms. The Bertz CT molecular complexity index is 681. The van der Waals surface area contributed by atoms with Crippen molar-refractivity contribution in [2.45, 2.75) is 6.92 Å². The van der Waals surface area contributed by atoms with Crippen LogP contribution in [0.15, 0.2) is 30.5 Å². The fourth-order valence-electron chi connectivity index (χ4n) is 1.79. The minimum Gasteiger partial charge on any atom is -0.482 e. The molecular weight excluding hydrogens is 296 g/mol. The van der Waals surface area contributed by atoms with Gasteiger partial charge in [0.2, 0.25) is 0 Å². The van der Waals surface area contributed by atoms with Crippen LogP contribution in [-0.2, 0) is 4.79 Å². The topological polar surface area (TPSA) is 91.4 Å². The van der Waals surface area contributed by atoms with Crippen LogP contribution in [-0.4, -0.2) is 28.6 Å². The van der Waals surface area contributed by atoms with Gasteiger partial charge in [0.05, 0.1) is 10.7 Å². The second kappa shape index (κ2) is 6.32. The number of aromatic carboxylic acids is 1. The molecule has 2 rings (SSSR count). The van der Waals surface area contributed by atoms with Gasteiger partial charge in [-0.25, -0.2) is 4.79 Å². The quantitative estimate of drug-likeness (QED) is 0.792. The molecule has 0 atom stereocenters. The van der Waals surface area contributed by atoms with E-state index in [2.05, 4.69) is 10.3 Å². The first kappa shape index (κ1) is 14.9. The Morgan fingerprint density at radius 1 is 1.38 bits per heavy atom. The number of carboxylic acids is 1. The third kappa shape index (κ3) is 3.55. The number of ether oxygens (including phenoxy) is 1. The highest BCUT2D eigenvalue weighted by molar-refractivity contribution is 6.32. The number of carbonyl (C=O) groups excluding carboxylic acids is 1. The molecule has 7 heteroatoms. The number of halogens is 1. The van der Waals surface area contributed by atoms with Gasteiger partial charge in [0.25, 0.3) is 5.91 Å². The number of hydrogen-bond donors (Lipinski definition) is 3. The number of benzene rings is 1. The zero-order valence-electron chi connectivity index (χ0n) is 11.1. The number of nitrogens with one attached hydrogen (secondary N) is 2. The Labute approximate surface area is 125 Å². The summed E-state index contributed by atoms with van der Waals surface area (Å²) in [4.78, 5) is 25.6. The number of aromatic nitrogens is 1. The molecule has 1 heterocycles. The zero-order valence-corrected chi connectivity index (χ0v) is 11.9. The van der Waals surface area contributed by atoms with Crippen LogP contribution in [0.25, 0.3) is 0 Å². The summed E-state index contributed by atoms with van der Waals surface area (Å²) < 4.78 is 5.28. The van der Waals surface area contributed by atoms with Crippen LogP contribution in [0, 0.1) is 6.92 Å². The smallest absolute Gasteiger partial charge is 0.339 e. The van der Waals surface area contributed by atoms with Crippen LogP contribution in [0.3, 0.4) is 0 Å². The van der Waals surface area contributed by atoms with Crippen LogP contribution in [0.5, 0.6) is 5.75 Å². The van der Waals surface area contributed by atoms with Gasteiger partial charge in [-0.05, 0) is 19.1 Å². The van der Waals surface area contributed by atoms with E-state index in [4.69, 9.17) is 21.4 Å². The molecule has 2 aromatic rings. The number of aryl methyl sites for hydroxylation is 1. The third-order valence-corrected chi connectivity index (χ3v) is 3.07. The number of rotatable bonds is 5. The number of anilines is 1. The monoisotopic (exact) mass is 308 g/mol. The van der Waals surface area contributed by atoms with Crippen molar-refractivity contribution in [3.63, 3.8) is 0 Å². The minimum atomic E-state index is -1.11. The number of amides is 1. The van der Waals surface area contributed by atoms with E-state index in [1.807, 2.05) is 0 Å². The van der Waals surface area contributed by atoms with Crippen molar-refractivity contribution >= 4 is 29.2 Å². The molecule has 0 radical (unpaired) electrons. The van der Waals surface area contributed by atoms with Crippen molar-refractivity contribution in [3.05, 3.63) is 46.7 Å². The molecule has 0 unspecified atom stereocenters. The Kier molecular flexibility index (Phi) is 4.49. The van der Waals surface area contributed by atoms with E-state index >= 15 is 0 Å². The molecule has 0 saturated heterocycles. The molecule has 1 amide bonds. The van der Waals surface area contributed by atoms with Crippen molar-refractivity contribution in [2.24, 2.45) is 0 Å². The van der Waals surface area contributed by atoms with Gasteiger partial charge in [0, 0.05) is 11.9 Å². The van der Waals surface area contributed by atoms with E-state index in [-0.39, 0.29) is 17.9 Å². The van der Waals surface area contributed by atoms with Crippen molar-refractivity contribution in [2.75, 3.05) is 11.9 Å². The average molecular weight is 309 g/mol. The lowest BCUT2D eigenvalue weighted by molar-refractivity contribution is -0.118. The highest BCUT2D eigenvalue weighted by atomic mass is 35.5. The lowest BCUT2D eigenvalue weighted by Gasteiger charge is -2.08. The SMILES string of the molecule is Cc1[nH]cc(NC(=O)COc2ccccc2Cl)c1C(=O)O. The maximum atomic E-state index is 11.8. The number of hydrogen-bond acceptors (Lipinski definition) is 3. The maximum Gasteiger partial charge on any atom is 0.339 e. The molecular formula is C14H13ClN2O4. The van der Waals surface area contributed by atoms with E-state index in [0.717, 1.165) is 0 Å². The summed E-state index contributed by atoms with van der Waals surface area (Å²) in [6.07, 6.45) is 1.42. The predicted molar refractivity (Wildman–Crippen MR) is 78.1 cm³/mol. The highest BCUT2D eigenvalue weighted by Gasteiger charge is 2.17.